The highest BCUT2D eigenvalue weighted by Gasteiger charge is 2.12. The van der Waals surface area contributed by atoms with Crippen LogP contribution in [-0.2, 0) is 0 Å². The van der Waals surface area contributed by atoms with Gasteiger partial charge in [0.1, 0.15) is 0 Å². The molecule has 6 nitrogen and oxygen atoms in total. The molecule has 1 atom stereocenters. The lowest BCUT2D eigenvalue weighted by Gasteiger charge is -2.06. The topological polar surface area (TPSA) is 81.0 Å². The highest BCUT2D eigenvalue weighted by molar-refractivity contribution is 7.97. The van der Waals surface area contributed by atoms with E-state index >= 15 is 0 Å². The molecule has 0 amide bonds. The first kappa shape index (κ1) is 18.3. The van der Waals surface area contributed by atoms with Gasteiger partial charge in [-0.3, -0.25) is 0 Å². The van der Waals surface area contributed by atoms with E-state index in [2.05, 4.69) is 26.0 Å². The number of aliphatic hydroxyl groups is 1. The molecule has 1 aliphatic rings. The van der Waals surface area contributed by atoms with Crippen LogP contribution in [0.5, 0.6) is 0 Å². The summed E-state index contributed by atoms with van der Waals surface area (Å²) in [6.45, 7) is 8.00. The van der Waals surface area contributed by atoms with Crippen LogP contribution in [0.2, 0.25) is 0 Å². The van der Waals surface area contributed by atoms with Crippen molar-refractivity contribution < 1.29 is 5.11 Å². The van der Waals surface area contributed by atoms with Gasteiger partial charge in [0.05, 0.1) is 6.26 Å². The van der Waals surface area contributed by atoms with Crippen LogP contribution < -0.4 is 15.7 Å². The van der Waals surface area contributed by atoms with Crippen LogP contribution in [-0.4, -0.2) is 5.11 Å². The van der Waals surface area contributed by atoms with Crippen molar-refractivity contribution in [2.45, 2.75) is 38.8 Å². The van der Waals surface area contributed by atoms with Crippen LogP contribution in [0.15, 0.2) is 52.0 Å². The van der Waals surface area contributed by atoms with Gasteiger partial charge in [0.25, 0.3) is 0 Å². The standard InChI is InChI=1S/C9H11N5OS.2C2H6/c15-6-5-10-16-8-3-1-7(2-4-8)9-11-13-14-12-9;2*1-2/h1-6,9-10,15H,(H,11,14)(H,12,13);2*1-2H3/b6-5+;;. The van der Waals surface area contributed by atoms with Gasteiger partial charge in [0.15, 0.2) is 6.17 Å². The highest BCUT2D eigenvalue weighted by Crippen LogP contribution is 2.20. The van der Waals surface area contributed by atoms with Crippen molar-refractivity contribution in [1.29, 1.82) is 0 Å². The summed E-state index contributed by atoms with van der Waals surface area (Å²) in [5, 5.41) is 16.0. The number of aliphatic hydroxyl groups excluding tert-OH is 1. The Kier molecular flexibility index (Phi) is 11.2. The molecule has 0 fully saturated rings. The summed E-state index contributed by atoms with van der Waals surface area (Å²) < 4.78 is 2.86. The van der Waals surface area contributed by atoms with E-state index in [4.69, 9.17) is 5.11 Å². The maximum absolute atomic E-state index is 8.44. The highest BCUT2D eigenvalue weighted by atomic mass is 32.2. The molecular weight excluding hydrogens is 274 g/mol. The number of hydrogen-bond donors (Lipinski definition) is 4. The molecule has 1 aliphatic heterocycles. The Hall–Kier alpha value is -1.73. The zero-order chi connectivity index (χ0) is 15.2. The van der Waals surface area contributed by atoms with Gasteiger partial charge in [-0.2, -0.15) is 5.43 Å². The average molecular weight is 297 g/mol. The van der Waals surface area contributed by atoms with Crippen LogP contribution in [0, 0.1) is 0 Å². The second-order valence-corrected chi connectivity index (χ2v) is 3.89. The molecular formula is C13H23N5OS. The first-order valence-electron chi connectivity index (χ1n) is 6.62. The van der Waals surface area contributed by atoms with Gasteiger partial charge in [-0.1, -0.05) is 45.1 Å². The summed E-state index contributed by atoms with van der Waals surface area (Å²) in [7, 11) is 0. The fraction of sp³-hybridized carbons (Fsp3) is 0.385. The molecule has 0 saturated heterocycles. The van der Waals surface area contributed by atoms with Crippen molar-refractivity contribution in [3.63, 3.8) is 0 Å². The fourth-order valence-electron chi connectivity index (χ4n) is 1.21. The van der Waals surface area contributed by atoms with E-state index in [-0.39, 0.29) is 6.17 Å². The van der Waals surface area contributed by atoms with Gasteiger partial charge >= 0.3 is 0 Å². The molecule has 0 aromatic heterocycles. The molecule has 1 heterocycles. The Balaban J connectivity index is 0.000000829. The van der Waals surface area contributed by atoms with Gasteiger partial charge in [0.2, 0.25) is 0 Å². The summed E-state index contributed by atoms with van der Waals surface area (Å²) >= 11 is 1.41. The van der Waals surface area contributed by atoms with Crippen molar-refractivity contribution in [3.05, 3.63) is 42.3 Å². The Morgan fingerprint density at radius 3 is 2.35 bits per heavy atom. The molecule has 0 spiro atoms. The van der Waals surface area contributed by atoms with Crippen LogP contribution in [0.4, 0.5) is 0 Å². The van der Waals surface area contributed by atoms with Crippen molar-refractivity contribution in [2.24, 2.45) is 10.3 Å². The minimum Gasteiger partial charge on any atom is -0.514 e. The molecule has 0 radical (unpaired) electrons. The van der Waals surface area contributed by atoms with E-state index < -0.39 is 0 Å². The smallest absolute Gasteiger partial charge is 0.166 e. The van der Waals surface area contributed by atoms with Gasteiger partial charge in [-0.25, -0.2) is 5.53 Å². The van der Waals surface area contributed by atoms with E-state index in [1.807, 2.05) is 52.0 Å². The minimum atomic E-state index is -0.121. The summed E-state index contributed by atoms with van der Waals surface area (Å²) in [4.78, 5) is 1.05. The third kappa shape index (κ3) is 6.44. The van der Waals surface area contributed by atoms with E-state index in [0.717, 1.165) is 16.7 Å². The van der Waals surface area contributed by atoms with Crippen molar-refractivity contribution in [3.8, 4) is 0 Å². The Morgan fingerprint density at radius 2 is 1.85 bits per heavy atom. The second kappa shape index (κ2) is 12.3. The monoisotopic (exact) mass is 297 g/mol. The van der Waals surface area contributed by atoms with E-state index in [1.54, 1.807) is 0 Å². The number of nitrogens with one attached hydrogen (secondary N) is 3. The van der Waals surface area contributed by atoms with Gasteiger partial charge in [-0.15, -0.1) is 5.11 Å². The predicted octanol–water partition coefficient (Wildman–Crippen LogP) is 3.84. The summed E-state index contributed by atoms with van der Waals surface area (Å²) in [6.07, 6.45) is 2.29. The lowest BCUT2D eigenvalue weighted by atomic mass is 10.2. The molecule has 7 heteroatoms. The van der Waals surface area contributed by atoms with Crippen molar-refractivity contribution in [2.75, 3.05) is 0 Å². The molecule has 1 aromatic carbocycles. The van der Waals surface area contributed by atoms with Crippen LogP contribution >= 0.6 is 11.9 Å². The Labute approximate surface area is 124 Å². The first-order valence-corrected chi connectivity index (χ1v) is 7.44. The SMILES string of the molecule is CC.CC.O/C=C/NSc1ccc(C2N=NNN2)cc1. The number of hydrogen-bond acceptors (Lipinski definition) is 7. The zero-order valence-electron chi connectivity index (χ0n) is 12.3. The molecule has 112 valence electrons. The Bertz CT molecular complexity index is 394. The third-order valence-corrected chi connectivity index (χ3v) is 2.70. The maximum Gasteiger partial charge on any atom is 0.166 e. The summed E-state index contributed by atoms with van der Waals surface area (Å²) in [5.41, 5.74) is 6.51. The predicted molar refractivity (Wildman–Crippen MR) is 83.8 cm³/mol. The zero-order valence-corrected chi connectivity index (χ0v) is 13.1. The molecule has 0 bridgehead atoms. The maximum atomic E-state index is 8.44. The van der Waals surface area contributed by atoms with Gasteiger partial charge < -0.3 is 9.83 Å². The average Bonchev–Trinajstić information content (AvgIpc) is 3.07. The van der Waals surface area contributed by atoms with Gasteiger partial charge in [0, 0.05) is 11.1 Å². The molecule has 1 unspecified atom stereocenters. The number of nitrogens with zero attached hydrogens (tertiary/aromatic N) is 2. The Morgan fingerprint density at radius 1 is 1.20 bits per heavy atom. The van der Waals surface area contributed by atoms with E-state index in [1.165, 1.54) is 18.1 Å². The number of rotatable bonds is 4. The molecule has 0 saturated carbocycles. The fourth-order valence-corrected chi connectivity index (χ4v) is 1.74. The summed E-state index contributed by atoms with van der Waals surface area (Å²) in [5.74, 6) is 0. The molecule has 1 aromatic rings. The minimum absolute atomic E-state index is 0.121. The third-order valence-electron chi connectivity index (χ3n) is 1.94. The number of hydrazine groups is 1. The van der Waals surface area contributed by atoms with Crippen molar-refractivity contribution >= 4 is 11.9 Å². The largest absolute Gasteiger partial charge is 0.514 e. The molecule has 0 aliphatic carbocycles. The van der Waals surface area contributed by atoms with Crippen LogP contribution in [0.3, 0.4) is 0 Å². The normalized spacial score (nSPS) is 15.7. The molecule has 2 rings (SSSR count). The lowest BCUT2D eigenvalue weighted by Crippen LogP contribution is -2.23. The second-order valence-electron chi connectivity index (χ2n) is 2.98. The van der Waals surface area contributed by atoms with Crippen LogP contribution in [0.25, 0.3) is 0 Å². The first-order chi connectivity index (χ1) is 9.90. The van der Waals surface area contributed by atoms with E-state index in [0.29, 0.717) is 0 Å². The van der Waals surface area contributed by atoms with E-state index in [9.17, 15) is 0 Å². The van der Waals surface area contributed by atoms with Crippen LogP contribution in [0.1, 0.15) is 39.4 Å². The quantitative estimate of drug-likeness (QED) is 0.501. The summed E-state index contributed by atoms with van der Waals surface area (Å²) in [6, 6.07) is 7.87. The van der Waals surface area contributed by atoms with Gasteiger partial charge in [-0.05, 0) is 29.6 Å². The molecule has 4 N–H and O–H groups in total. The number of benzene rings is 1. The van der Waals surface area contributed by atoms with Crippen molar-refractivity contribution in [1.82, 2.24) is 15.7 Å². The molecule has 20 heavy (non-hydrogen) atoms. The lowest BCUT2D eigenvalue weighted by molar-refractivity contribution is 0.471.